The van der Waals surface area contributed by atoms with Crippen LogP contribution in [-0.2, 0) is 4.79 Å². The van der Waals surface area contributed by atoms with E-state index in [0.29, 0.717) is 5.41 Å². The summed E-state index contributed by atoms with van der Waals surface area (Å²) >= 11 is 0. The summed E-state index contributed by atoms with van der Waals surface area (Å²) in [6.07, 6.45) is 10.2. The fourth-order valence-electron chi connectivity index (χ4n) is 3.81. The molecule has 110 valence electrons. The number of piperidine rings is 1. The van der Waals surface area contributed by atoms with Crippen LogP contribution in [0.4, 0.5) is 0 Å². The van der Waals surface area contributed by atoms with Gasteiger partial charge in [-0.15, -0.1) is 0 Å². The molecule has 1 saturated carbocycles. The van der Waals surface area contributed by atoms with Crippen LogP contribution in [0.2, 0.25) is 0 Å². The molecule has 1 saturated heterocycles. The molecule has 1 spiro atoms. The molecule has 0 aromatic rings. The largest absolute Gasteiger partial charge is 0.341 e. The Bertz CT molecular complexity index is 304. The van der Waals surface area contributed by atoms with Crippen molar-refractivity contribution in [3.8, 4) is 0 Å². The predicted molar refractivity (Wildman–Crippen MR) is 78.8 cm³/mol. The van der Waals surface area contributed by atoms with Gasteiger partial charge in [0, 0.05) is 13.1 Å². The fourth-order valence-corrected chi connectivity index (χ4v) is 3.81. The van der Waals surface area contributed by atoms with E-state index in [0.717, 1.165) is 19.5 Å². The highest BCUT2D eigenvalue weighted by atomic mass is 16.2. The molecule has 2 aliphatic rings. The van der Waals surface area contributed by atoms with Gasteiger partial charge in [-0.25, -0.2) is 0 Å². The Morgan fingerprint density at radius 2 is 1.84 bits per heavy atom. The number of carbonyl (C=O) groups excluding carboxylic acids is 1. The van der Waals surface area contributed by atoms with Crippen LogP contribution < -0.4 is 5.73 Å². The number of carbonyl (C=O) groups is 1. The number of hydrogen-bond donors (Lipinski definition) is 1. The van der Waals surface area contributed by atoms with Gasteiger partial charge in [0.25, 0.3) is 0 Å². The van der Waals surface area contributed by atoms with Gasteiger partial charge in [-0.2, -0.15) is 0 Å². The number of nitrogens with two attached hydrogens (primary N) is 1. The van der Waals surface area contributed by atoms with E-state index < -0.39 is 0 Å². The van der Waals surface area contributed by atoms with Gasteiger partial charge in [-0.3, -0.25) is 4.79 Å². The maximum Gasteiger partial charge on any atom is 0.239 e. The van der Waals surface area contributed by atoms with Crippen LogP contribution in [0.15, 0.2) is 0 Å². The summed E-state index contributed by atoms with van der Waals surface area (Å²) in [7, 11) is 0. The molecule has 2 rings (SSSR count). The Kier molecular flexibility index (Phi) is 4.88. The highest BCUT2D eigenvalue weighted by molar-refractivity contribution is 5.82. The van der Waals surface area contributed by atoms with Gasteiger partial charge in [0.15, 0.2) is 0 Å². The van der Waals surface area contributed by atoms with Crippen molar-refractivity contribution in [2.24, 2.45) is 17.1 Å². The van der Waals surface area contributed by atoms with Crippen LogP contribution in [0.1, 0.15) is 65.2 Å². The SMILES string of the molecule is CCC(C)C(N)C(=O)N1CCCC2(CCCCC2)C1. The summed E-state index contributed by atoms with van der Waals surface area (Å²) in [6, 6.07) is -0.302. The second-order valence-electron chi connectivity index (χ2n) is 6.84. The van der Waals surface area contributed by atoms with Crippen LogP contribution in [0, 0.1) is 11.3 Å². The smallest absolute Gasteiger partial charge is 0.239 e. The summed E-state index contributed by atoms with van der Waals surface area (Å²) in [4.78, 5) is 14.6. The number of nitrogens with zero attached hydrogens (tertiary/aromatic N) is 1. The second kappa shape index (κ2) is 6.25. The van der Waals surface area contributed by atoms with E-state index in [1.54, 1.807) is 0 Å². The molecule has 3 heteroatoms. The molecule has 19 heavy (non-hydrogen) atoms. The lowest BCUT2D eigenvalue weighted by molar-refractivity contribution is -0.138. The summed E-state index contributed by atoms with van der Waals surface area (Å²) in [5, 5.41) is 0. The van der Waals surface area contributed by atoms with E-state index in [9.17, 15) is 4.79 Å². The monoisotopic (exact) mass is 266 g/mol. The van der Waals surface area contributed by atoms with Crippen molar-refractivity contribution in [3.05, 3.63) is 0 Å². The lowest BCUT2D eigenvalue weighted by Crippen LogP contribution is -2.53. The van der Waals surface area contributed by atoms with Crippen molar-refractivity contribution >= 4 is 5.91 Å². The van der Waals surface area contributed by atoms with Crippen molar-refractivity contribution in [1.82, 2.24) is 4.90 Å². The van der Waals surface area contributed by atoms with Crippen LogP contribution >= 0.6 is 0 Å². The average Bonchev–Trinajstić information content (AvgIpc) is 2.45. The summed E-state index contributed by atoms with van der Waals surface area (Å²) in [5.74, 6) is 0.482. The van der Waals surface area contributed by atoms with E-state index in [1.165, 1.54) is 44.9 Å². The van der Waals surface area contributed by atoms with Gasteiger partial charge >= 0.3 is 0 Å². The summed E-state index contributed by atoms with van der Waals surface area (Å²) in [5.41, 5.74) is 6.56. The molecule has 2 unspecified atom stereocenters. The topological polar surface area (TPSA) is 46.3 Å². The second-order valence-corrected chi connectivity index (χ2v) is 6.84. The zero-order valence-corrected chi connectivity index (χ0v) is 12.7. The minimum atomic E-state index is -0.302. The zero-order valence-electron chi connectivity index (χ0n) is 12.7. The Balaban J connectivity index is 1.98. The molecule has 1 aliphatic heterocycles. The average molecular weight is 266 g/mol. The van der Waals surface area contributed by atoms with E-state index in [2.05, 4.69) is 18.7 Å². The molecule has 2 fully saturated rings. The third kappa shape index (κ3) is 3.31. The van der Waals surface area contributed by atoms with Crippen LogP contribution in [0.25, 0.3) is 0 Å². The molecule has 0 aromatic carbocycles. The van der Waals surface area contributed by atoms with Crippen LogP contribution in [0.3, 0.4) is 0 Å². The predicted octanol–water partition coefficient (Wildman–Crippen LogP) is 2.93. The lowest BCUT2D eigenvalue weighted by Gasteiger charge is -2.46. The first-order chi connectivity index (χ1) is 9.08. The minimum Gasteiger partial charge on any atom is -0.341 e. The Hall–Kier alpha value is -0.570. The third-order valence-corrected chi connectivity index (χ3v) is 5.43. The normalized spacial score (nSPS) is 26.2. The number of amides is 1. The van der Waals surface area contributed by atoms with Crippen molar-refractivity contribution in [2.75, 3.05) is 13.1 Å². The van der Waals surface area contributed by atoms with Crippen LogP contribution in [0.5, 0.6) is 0 Å². The Labute approximate surface area is 117 Å². The first-order valence-corrected chi connectivity index (χ1v) is 8.12. The fraction of sp³-hybridized carbons (Fsp3) is 0.938. The van der Waals surface area contributed by atoms with Gasteiger partial charge in [0.2, 0.25) is 5.91 Å². The number of likely N-dealkylation sites (tertiary alicyclic amines) is 1. The van der Waals surface area contributed by atoms with Gasteiger partial charge in [0.1, 0.15) is 0 Å². The standard InChI is InChI=1S/C16H30N2O/c1-3-13(2)14(17)15(19)18-11-7-10-16(12-18)8-5-4-6-9-16/h13-14H,3-12,17H2,1-2H3. The Morgan fingerprint density at radius 1 is 1.21 bits per heavy atom. The minimum absolute atomic E-state index is 0.194. The van der Waals surface area contributed by atoms with Gasteiger partial charge in [-0.1, -0.05) is 39.5 Å². The van der Waals surface area contributed by atoms with E-state index in [1.807, 2.05) is 0 Å². The number of rotatable bonds is 3. The van der Waals surface area contributed by atoms with Gasteiger partial charge in [-0.05, 0) is 37.0 Å². The van der Waals surface area contributed by atoms with Gasteiger partial charge < -0.3 is 10.6 Å². The van der Waals surface area contributed by atoms with Crippen molar-refractivity contribution in [1.29, 1.82) is 0 Å². The van der Waals surface area contributed by atoms with E-state index in [-0.39, 0.29) is 17.9 Å². The van der Waals surface area contributed by atoms with Crippen molar-refractivity contribution < 1.29 is 4.79 Å². The molecular weight excluding hydrogens is 236 g/mol. The van der Waals surface area contributed by atoms with Gasteiger partial charge in [0.05, 0.1) is 6.04 Å². The first kappa shape index (κ1) is 14.8. The molecule has 1 amide bonds. The molecule has 0 bridgehead atoms. The van der Waals surface area contributed by atoms with Crippen molar-refractivity contribution in [3.63, 3.8) is 0 Å². The zero-order chi connectivity index (χ0) is 13.9. The summed E-state index contributed by atoms with van der Waals surface area (Å²) < 4.78 is 0. The quantitative estimate of drug-likeness (QED) is 0.853. The molecule has 0 radical (unpaired) electrons. The summed E-state index contributed by atoms with van der Waals surface area (Å²) in [6.45, 7) is 6.08. The molecule has 0 aromatic heterocycles. The van der Waals surface area contributed by atoms with E-state index >= 15 is 0 Å². The lowest BCUT2D eigenvalue weighted by atomic mass is 9.69. The maximum atomic E-state index is 12.5. The molecule has 2 atom stereocenters. The third-order valence-electron chi connectivity index (χ3n) is 5.43. The van der Waals surface area contributed by atoms with E-state index in [4.69, 9.17) is 5.73 Å². The Morgan fingerprint density at radius 3 is 2.47 bits per heavy atom. The number of hydrogen-bond acceptors (Lipinski definition) is 2. The molecule has 3 nitrogen and oxygen atoms in total. The maximum absolute atomic E-state index is 12.5. The molecular formula is C16H30N2O. The highest BCUT2D eigenvalue weighted by Gasteiger charge is 2.39. The molecule has 1 heterocycles. The highest BCUT2D eigenvalue weighted by Crippen LogP contribution is 2.43. The van der Waals surface area contributed by atoms with Crippen molar-refractivity contribution in [2.45, 2.75) is 71.3 Å². The molecule has 2 N–H and O–H groups in total. The molecule has 1 aliphatic carbocycles. The van der Waals surface area contributed by atoms with Crippen LogP contribution in [-0.4, -0.2) is 29.9 Å². The first-order valence-electron chi connectivity index (χ1n) is 8.12.